The first-order valence-electron chi connectivity index (χ1n) is 12.9. The van der Waals surface area contributed by atoms with Crippen LogP contribution in [0.5, 0.6) is 0 Å². The zero-order chi connectivity index (χ0) is 27.4. The van der Waals surface area contributed by atoms with Crippen LogP contribution in [0.3, 0.4) is 0 Å². The summed E-state index contributed by atoms with van der Waals surface area (Å²) >= 11 is 0. The first-order chi connectivity index (χ1) is 17.9. The Morgan fingerprint density at radius 3 is 2.37 bits per heavy atom. The van der Waals surface area contributed by atoms with Gasteiger partial charge in [-0.3, -0.25) is 9.59 Å². The number of benzene rings is 1. The summed E-state index contributed by atoms with van der Waals surface area (Å²) in [7, 11) is 2.03. The van der Waals surface area contributed by atoms with Crippen molar-refractivity contribution in [1.29, 1.82) is 0 Å². The molecule has 3 fully saturated rings. The van der Waals surface area contributed by atoms with Gasteiger partial charge in [0.1, 0.15) is 5.82 Å². The third kappa shape index (κ3) is 5.17. The number of rotatable bonds is 7. The molecule has 2 heterocycles. The maximum Gasteiger partial charge on any atom is 0.266 e. The molecule has 38 heavy (non-hydrogen) atoms. The van der Waals surface area contributed by atoms with Crippen LogP contribution in [0.4, 0.5) is 27.6 Å². The van der Waals surface area contributed by atoms with Gasteiger partial charge in [0.05, 0.1) is 22.9 Å². The predicted octanol–water partition coefficient (Wildman–Crippen LogP) is 5.14. The zero-order valence-electron chi connectivity index (χ0n) is 21.2. The van der Waals surface area contributed by atoms with E-state index in [2.05, 4.69) is 15.5 Å². The average Bonchev–Trinajstić information content (AvgIpc) is 3.29. The molecule has 2 saturated carbocycles. The van der Waals surface area contributed by atoms with Gasteiger partial charge >= 0.3 is 0 Å². The number of carbonyl (C=O) groups excluding carboxylic acids is 1. The molecule has 2 aromatic rings. The van der Waals surface area contributed by atoms with Gasteiger partial charge in [0, 0.05) is 55.8 Å². The number of nitrogens with one attached hydrogen (secondary N) is 2. The first-order valence-corrected chi connectivity index (χ1v) is 12.9. The summed E-state index contributed by atoms with van der Waals surface area (Å²) in [4.78, 5) is 28.7. The van der Waals surface area contributed by atoms with E-state index in [-0.39, 0.29) is 42.9 Å². The number of anilines is 1. The molecule has 4 atom stereocenters. The summed E-state index contributed by atoms with van der Waals surface area (Å²) in [6.45, 7) is 3.28. The number of amides is 1. The summed E-state index contributed by atoms with van der Waals surface area (Å²) in [5, 5.41) is 5.99. The van der Waals surface area contributed by atoms with Gasteiger partial charge in [-0.2, -0.15) is 0 Å². The summed E-state index contributed by atoms with van der Waals surface area (Å²) < 4.78 is 69.9. The molecule has 6 nitrogen and oxygen atoms in total. The molecular formula is C27H31F5N4O2. The summed E-state index contributed by atoms with van der Waals surface area (Å²) in [5.41, 5.74) is -0.795. The van der Waals surface area contributed by atoms with Crippen LogP contribution in [-0.4, -0.2) is 47.5 Å². The van der Waals surface area contributed by atoms with E-state index in [4.69, 9.17) is 0 Å². The van der Waals surface area contributed by atoms with E-state index in [1.165, 1.54) is 35.9 Å². The van der Waals surface area contributed by atoms with Gasteiger partial charge in [0.15, 0.2) is 0 Å². The fourth-order valence-corrected chi connectivity index (χ4v) is 5.99. The van der Waals surface area contributed by atoms with Crippen molar-refractivity contribution in [2.24, 2.45) is 11.8 Å². The predicted molar refractivity (Wildman–Crippen MR) is 132 cm³/mol. The Morgan fingerprint density at radius 2 is 1.74 bits per heavy atom. The van der Waals surface area contributed by atoms with E-state index in [1.54, 1.807) is 0 Å². The number of alkyl halides is 4. The molecule has 0 bridgehead atoms. The lowest BCUT2D eigenvalue weighted by molar-refractivity contribution is -0.0442. The fraction of sp³-hybridized carbons (Fsp3) is 0.556. The highest BCUT2D eigenvalue weighted by atomic mass is 19.3. The Bertz CT molecular complexity index is 1260. The van der Waals surface area contributed by atoms with Gasteiger partial charge in [-0.1, -0.05) is 18.2 Å². The standard InChI is InChI=1S/C27H31F5N4O2/c1-14(16-4-3-5-17(23(16)28)25(29)30)33-26(38)20-13-36(15-6-8-27(31,32)9-7-15)22(37)10-21(20)34-24-18-11-35(2)12-19(18)24/h3-5,10,13-15,18-19,24-25,34H,6-9,11-12H2,1-2H3,(H,33,38)/t14-,18-,19+,24+/m1/s1. The second-order valence-electron chi connectivity index (χ2n) is 10.9. The van der Waals surface area contributed by atoms with Crippen LogP contribution in [0, 0.1) is 17.7 Å². The average molecular weight is 539 g/mol. The van der Waals surface area contributed by atoms with Crippen molar-refractivity contribution in [3.05, 3.63) is 63.3 Å². The Morgan fingerprint density at radius 1 is 1.11 bits per heavy atom. The molecule has 1 aromatic carbocycles. The molecule has 1 amide bonds. The van der Waals surface area contributed by atoms with Crippen LogP contribution in [0.1, 0.15) is 72.6 Å². The smallest absolute Gasteiger partial charge is 0.266 e. The minimum Gasteiger partial charge on any atom is -0.381 e. The third-order valence-corrected chi connectivity index (χ3v) is 8.21. The van der Waals surface area contributed by atoms with Crippen molar-refractivity contribution < 1.29 is 26.7 Å². The number of nitrogens with zero attached hydrogens (tertiary/aromatic N) is 2. The van der Waals surface area contributed by atoms with Crippen LogP contribution < -0.4 is 16.2 Å². The van der Waals surface area contributed by atoms with E-state index in [9.17, 15) is 31.5 Å². The molecule has 0 spiro atoms. The molecule has 0 unspecified atom stereocenters. The number of hydrogen-bond donors (Lipinski definition) is 2. The monoisotopic (exact) mass is 538 g/mol. The molecule has 1 aromatic heterocycles. The van der Waals surface area contributed by atoms with Crippen molar-refractivity contribution in [1.82, 2.24) is 14.8 Å². The van der Waals surface area contributed by atoms with Crippen LogP contribution in [-0.2, 0) is 0 Å². The number of likely N-dealkylation sites (tertiary alicyclic amines) is 1. The lowest BCUT2D eigenvalue weighted by Gasteiger charge is -2.30. The van der Waals surface area contributed by atoms with Crippen molar-refractivity contribution in [2.45, 2.75) is 63.1 Å². The molecule has 5 rings (SSSR count). The Balaban J connectivity index is 1.43. The Labute approximate surface area is 217 Å². The molecule has 0 radical (unpaired) electrons. The highest BCUT2D eigenvalue weighted by molar-refractivity contribution is 5.99. The number of carbonyl (C=O) groups is 1. The highest BCUT2D eigenvalue weighted by Crippen LogP contribution is 2.47. The summed E-state index contributed by atoms with van der Waals surface area (Å²) in [6, 6.07) is 3.62. The molecular weight excluding hydrogens is 507 g/mol. The van der Waals surface area contributed by atoms with Crippen molar-refractivity contribution in [3.8, 4) is 0 Å². The second kappa shape index (κ2) is 9.98. The first kappa shape index (κ1) is 26.6. The second-order valence-corrected chi connectivity index (χ2v) is 10.9. The molecule has 1 aliphatic heterocycles. The topological polar surface area (TPSA) is 66.4 Å². The van der Waals surface area contributed by atoms with Crippen LogP contribution >= 0.6 is 0 Å². The quantitative estimate of drug-likeness (QED) is 0.480. The van der Waals surface area contributed by atoms with E-state index >= 15 is 0 Å². The van der Waals surface area contributed by atoms with Crippen LogP contribution in [0.25, 0.3) is 0 Å². The number of hydrogen-bond acceptors (Lipinski definition) is 4. The molecule has 2 N–H and O–H groups in total. The van der Waals surface area contributed by atoms with Gasteiger partial charge in [-0.15, -0.1) is 0 Å². The zero-order valence-corrected chi connectivity index (χ0v) is 21.2. The maximum atomic E-state index is 14.7. The molecule has 1 saturated heterocycles. The summed E-state index contributed by atoms with van der Waals surface area (Å²) in [5.74, 6) is -3.70. The largest absolute Gasteiger partial charge is 0.381 e. The molecule has 206 valence electrons. The van der Waals surface area contributed by atoms with E-state index < -0.39 is 47.3 Å². The minimum atomic E-state index is -3.00. The lowest BCUT2D eigenvalue weighted by Crippen LogP contribution is -2.34. The number of fused-ring (bicyclic) bond motifs is 1. The normalized spacial score (nSPS) is 25.7. The number of piperidine rings is 1. The van der Waals surface area contributed by atoms with Gasteiger partial charge in [0.2, 0.25) is 5.92 Å². The van der Waals surface area contributed by atoms with Crippen LogP contribution in [0.2, 0.25) is 0 Å². The highest BCUT2D eigenvalue weighted by Gasteiger charge is 2.55. The van der Waals surface area contributed by atoms with Gasteiger partial charge in [-0.05, 0) is 38.6 Å². The Hall–Kier alpha value is -2.95. The van der Waals surface area contributed by atoms with Crippen LogP contribution in [0.15, 0.2) is 35.3 Å². The number of pyridine rings is 1. The lowest BCUT2D eigenvalue weighted by atomic mass is 9.92. The molecule has 3 aliphatic rings. The van der Waals surface area contributed by atoms with E-state index in [1.807, 2.05) is 7.05 Å². The van der Waals surface area contributed by atoms with E-state index in [0.29, 0.717) is 17.5 Å². The van der Waals surface area contributed by atoms with E-state index in [0.717, 1.165) is 19.2 Å². The summed E-state index contributed by atoms with van der Waals surface area (Å²) in [6.07, 6.45) is -2.11. The number of aromatic nitrogens is 1. The van der Waals surface area contributed by atoms with Crippen molar-refractivity contribution in [3.63, 3.8) is 0 Å². The minimum absolute atomic E-state index is 0.0896. The van der Waals surface area contributed by atoms with Gasteiger partial charge in [0.25, 0.3) is 17.9 Å². The van der Waals surface area contributed by atoms with Crippen molar-refractivity contribution >= 4 is 11.6 Å². The SMILES string of the molecule is C[C@@H](NC(=O)c1cn(C2CCC(F)(F)CC2)c(=O)cc1N[C@H]1[C@@H]2CN(C)C[C@@H]21)c1cccc(C(F)F)c1F. The Kier molecular flexibility index (Phi) is 7.00. The molecule has 11 heteroatoms. The van der Waals surface area contributed by atoms with Gasteiger partial charge in [-0.25, -0.2) is 22.0 Å². The van der Waals surface area contributed by atoms with Gasteiger partial charge < -0.3 is 20.1 Å². The van der Waals surface area contributed by atoms with Crippen molar-refractivity contribution in [2.75, 3.05) is 25.5 Å². The maximum absolute atomic E-state index is 14.7. The fourth-order valence-electron chi connectivity index (χ4n) is 5.99. The third-order valence-electron chi connectivity index (χ3n) is 8.21. The number of halogens is 5. The molecule has 2 aliphatic carbocycles.